The average Bonchev–Trinajstić information content (AvgIpc) is 2.14. The summed E-state index contributed by atoms with van der Waals surface area (Å²) in [5.74, 6) is -2.44. The quantitative estimate of drug-likeness (QED) is 0.621. The Balaban J connectivity index is 2.77. The molecule has 1 N–H and O–H groups in total. The number of nitrogens with zero attached hydrogens (tertiary/aromatic N) is 2. The van der Waals surface area contributed by atoms with Crippen molar-refractivity contribution >= 4 is 17.8 Å². The maximum atomic E-state index is 11.5. The Bertz CT molecular complexity index is 302. The van der Waals surface area contributed by atoms with Crippen LogP contribution in [0, 0.1) is 0 Å². The zero-order valence-corrected chi connectivity index (χ0v) is 8.77. The maximum Gasteiger partial charge on any atom is 0.323 e. The number of amides is 2. The predicted octanol–water partition coefficient (Wildman–Crippen LogP) is -0.850. The van der Waals surface area contributed by atoms with E-state index in [0.29, 0.717) is 6.54 Å². The minimum absolute atomic E-state index is 0.125. The Hall–Kier alpha value is -1.59. The second-order valence-electron chi connectivity index (χ2n) is 3.52. The van der Waals surface area contributed by atoms with E-state index in [9.17, 15) is 14.4 Å². The lowest BCUT2D eigenvalue weighted by Crippen LogP contribution is -2.59. The van der Waals surface area contributed by atoms with Crippen LogP contribution in [0.1, 0.15) is 13.8 Å². The van der Waals surface area contributed by atoms with Crippen molar-refractivity contribution in [2.75, 3.05) is 19.6 Å². The van der Waals surface area contributed by atoms with Gasteiger partial charge in [0.1, 0.15) is 6.54 Å². The Morgan fingerprint density at radius 1 is 1.47 bits per heavy atom. The van der Waals surface area contributed by atoms with Crippen LogP contribution >= 0.6 is 0 Å². The first-order valence-corrected chi connectivity index (χ1v) is 4.79. The normalized spacial score (nSPS) is 22.1. The van der Waals surface area contributed by atoms with Crippen LogP contribution in [0.5, 0.6) is 0 Å². The summed E-state index contributed by atoms with van der Waals surface area (Å²) in [5, 5.41) is 8.56. The largest absolute Gasteiger partial charge is 0.480 e. The van der Waals surface area contributed by atoms with Gasteiger partial charge in [-0.05, 0) is 13.8 Å². The van der Waals surface area contributed by atoms with Crippen molar-refractivity contribution in [3.63, 3.8) is 0 Å². The first kappa shape index (κ1) is 11.5. The maximum absolute atomic E-state index is 11.5. The molecular formula is C9H14N2O4. The summed E-state index contributed by atoms with van der Waals surface area (Å²) in [6.07, 6.45) is 0. The van der Waals surface area contributed by atoms with Crippen LogP contribution in [0.2, 0.25) is 0 Å². The summed E-state index contributed by atoms with van der Waals surface area (Å²) >= 11 is 0. The highest BCUT2D eigenvalue weighted by atomic mass is 16.4. The number of piperazine rings is 1. The molecule has 0 saturated carbocycles. The third kappa shape index (κ3) is 2.26. The number of carbonyl (C=O) groups is 3. The highest BCUT2D eigenvalue weighted by Crippen LogP contribution is 2.11. The molecule has 1 aliphatic heterocycles. The number of hydrogen-bond acceptors (Lipinski definition) is 3. The highest BCUT2D eigenvalue weighted by Gasteiger charge is 2.36. The van der Waals surface area contributed by atoms with Crippen LogP contribution in [0.4, 0.5) is 0 Å². The van der Waals surface area contributed by atoms with Crippen molar-refractivity contribution in [1.29, 1.82) is 0 Å². The fraction of sp³-hybridized carbons (Fsp3) is 0.667. The molecule has 0 radical (unpaired) electrons. The molecule has 0 aromatic heterocycles. The van der Waals surface area contributed by atoms with E-state index >= 15 is 0 Å². The predicted molar refractivity (Wildman–Crippen MR) is 51.1 cm³/mol. The molecule has 1 fully saturated rings. The summed E-state index contributed by atoms with van der Waals surface area (Å²) in [4.78, 5) is 35.9. The van der Waals surface area contributed by atoms with Gasteiger partial charge in [0.25, 0.3) is 0 Å². The lowest BCUT2D eigenvalue weighted by molar-refractivity contribution is -0.160. The number of carboxylic acids is 1. The van der Waals surface area contributed by atoms with Crippen molar-refractivity contribution in [3.8, 4) is 0 Å². The molecule has 6 heteroatoms. The zero-order chi connectivity index (χ0) is 11.6. The van der Waals surface area contributed by atoms with Crippen molar-refractivity contribution in [2.24, 2.45) is 0 Å². The van der Waals surface area contributed by atoms with E-state index in [2.05, 4.69) is 0 Å². The molecule has 0 aromatic carbocycles. The molecule has 0 spiro atoms. The molecule has 1 rings (SSSR count). The molecule has 84 valence electrons. The minimum atomic E-state index is -1.10. The third-order valence-corrected chi connectivity index (χ3v) is 2.41. The standard InChI is InChI=1S/C9H14N2O4/c1-3-11-6(2)4-10(5-7(12)13)8(14)9(11)15/h6H,3-5H2,1-2H3,(H,12,13). The van der Waals surface area contributed by atoms with E-state index in [1.165, 1.54) is 4.90 Å². The van der Waals surface area contributed by atoms with Crippen molar-refractivity contribution < 1.29 is 19.5 Å². The topological polar surface area (TPSA) is 77.9 Å². The second kappa shape index (κ2) is 4.29. The number of carboxylic acid groups (broad SMARTS) is 1. The van der Waals surface area contributed by atoms with Crippen LogP contribution in [0.15, 0.2) is 0 Å². The van der Waals surface area contributed by atoms with Gasteiger partial charge in [0.2, 0.25) is 0 Å². The van der Waals surface area contributed by atoms with Gasteiger partial charge in [-0.3, -0.25) is 14.4 Å². The summed E-state index contributed by atoms with van der Waals surface area (Å²) in [5.41, 5.74) is 0. The van der Waals surface area contributed by atoms with E-state index in [-0.39, 0.29) is 12.6 Å². The lowest BCUT2D eigenvalue weighted by atomic mass is 10.2. The van der Waals surface area contributed by atoms with Gasteiger partial charge in [-0.1, -0.05) is 0 Å². The minimum Gasteiger partial charge on any atom is -0.480 e. The smallest absolute Gasteiger partial charge is 0.323 e. The number of aliphatic carboxylic acids is 1. The summed E-state index contributed by atoms with van der Waals surface area (Å²) in [7, 11) is 0. The van der Waals surface area contributed by atoms with Crippen LogP contribution < -0.4 is 0 Å². The van der Waals surface area contributed by atoms with Crippen molar-refractivity contribution in [1.82, 2.24) is 9.80 Å². The molecule has 0 aliphatic carbocycles. The van der Waals surface area contributed by atoms with E-state index in [1.54, 1.807) is 13.8 Å². The Kier molecular flexibility index (Phi) is 3.28. The van der Waals surface area contributed by atoms with Gasteiger partial charge in [0.15, 0.2) is 0 Å². The number of rotatable bonds is 3. The molecular weight excluding hydrogens is 200 g/mol. The number of carbonyl (C=O) groups excluding carboxylic acids is 2. The van der Waals surface area contributed by atoms with Gasteiger partial charge >= 0.3 is 17.8 Å². The Labute approximate surface area is 87.5 Å². The second-order valence-corrected chi connectivity index (χ2v) is 3.52. The van der Waals surface area contributed by atoms with Gasteiger partial charge in [0.05, 0.1) is 0 Å². The third-order valence-electron chi connectivity index (χ3n) is 2.41. The fourth-order valence-corrected chi connectivity index (χ4v) is 1.71. The SMILES string of the molecule is CCN1C(=O)C(=O)N(CC(=O)O)CC1C. The van der Waals surface area contributed by atoms with Crippen LogP contribution in [-0.4, -0.2) is 58.4 Å². The average molecular weight is 214 g/mol. The van der Waals surface area contributed by atoms with Gasteiger partial charge < -0.3 is 14.9 Å². The van der Waals surface area contributed by atoms with Crippen molar-refractivity contribution in [3.05, 3.63) is 0 Å². The van der Waals surface area contributed by atoms with E-state index in [0.717, 1.165) is 4.90 Å². The van der Waals surface area contributed by atoms with E-state index in [4.69, 9.17) is 5.11 Å². The Morgan fingerprint density at radius 3 is 2.53 bits per heavy atom. The summed E-state index contributed by atoms with van der Waals surface area (Å²) in [6, 6.07) is -0.125. The molecule has 1 unspecified atom stereocenters. The van der Waals surface area contributed by atoms with Gasteiger partial charge in [-0.25, -0.2) is 0 Å². The number of likely N-dealkylation sites (N-methyl/N-ethyl adjacent to an activating group) is 1. The summed E-state index contributed by atoms with van der Waals surface area (Å²) in [6.45, 7) is 3.92. The fourth-order valence-electron chi connectivity index (χ4n) is 1.71. The summed E-state index contributed by atoms with van der Waals surface area (Å²) < 4.78 is 0. The van der Waals surface area contributed by atoms with E-state index < -0.39 is 24.3 Å². The molecule has 6 nitrogen and oxygen atoms in total. The van der Waals surface area contributed by atoms with Crippen LogP contribution in [-0.2, 0) is 14.4 Å². The first-order chi connectivity index (χ1) is 6.97. The molecule has 2 amide bonds. The van der Waals surface area contributed by atoms with Gasteiger partial charge in [0, 0.05) is 19.1 Å². The van der Waals surface area contributed by atoms with Crippen molar-refractivity contribution in [2.45, 2.75) is 19.9 Å². The van der Waals surface area contributed by atoms with Gasteiger partial charge in [-0.2, -0.15) is 0 Å². The molecule has 1 heterocycles. The molecule has 0 bridgehead atoms. The Morgan fingerprint density at radius 2 is 2.07 bits per heavy atom. The zero-order valence-electron chi connectivity index (χ0n) is 8.77. The highest BCUT2D eigenvalue weighted by molar-refractivity contribution is 6.35. The van der Waals surface area contributed by atoms with Crippen LogP contribution in [0.25, 0.3) is 0 Å². The lowest BCUT2D eigenvalue weighted by Gasteiger charge is -2.37. The van der Waals surface area contributed by atoms with Gasteiger partial charge in [-0.15, -0.1) is 0 Å². The number of hydrogen-bond donors (Lipinski definition) is 1. The molecule has 1 aliphatic rings. The molecule has 1 saturated heterocycles. The molecule has 1 atom stereocenters. The molecule has 0 aromatic rings. The van der Waals surface area contributed by atoms with E-state index in [1.807, 2.05) is 0 Å². The molecule has 15 heavy (non-hydrogen) atoms. The monoisotopic (exact) mass is 214 g/mol. The first-order valence-electron chi connectivity index (χ1n) is 4.79. The van der Waals surface area contributed by atoms with Crippen LogP contribution in [0.3, 0.4) is 0 Å².